The maximum atomic E-state index is 11.9. The summed E-state index contributed by atoms with van der Waals surface area (Å²) in [6.45, 7) is 0.458. The van der Waals surface area contributed by atoms with Crippen LogP contribution in [-0.4, -0.2) is 37.8 Å². The molecule has 2 aliphatic heterocycles. The molecule has 0 unspecified atom stereocenters. The molecule has 0 saturated heterocycles. The van der Waals surface area contributed by atoms with Gasteiger partial charge in [0.1, 0.15) is 0 Å². The van der Waals surface area contributed by atoms with Gasteiger partial charge in [-0.3, -0.25) is 9.59 Å². The Bertz CT molecular complexity index is 1060. The lowest BCUT2D eigenvalue weighted by molar-refractivity contribution is -0.122. The predicted octanol–water partition coefficient (Wildman–Crippen LogP) is 4.65. The van der Waals surface area contributed by atoms with E-state index in [2.05, 4.69) is 21.1 Å². The van der Waals surface area contributed by atoms with Crippen LogP contribution in [0.2, 0.25) is 0 Å². The van der Waals surface area contributed by atoms with E-state index in [9.17, 15) is 9.59 Å². The van der Waals surface area contributed by atoms with Gasteiger partial charge in [0.15, 0.2) is 23.0 Å². The highest BCUT2D eigenvalue weighted by Crippen LogP contribution is 2.32. The molecule has 2 amide bonds. The molecule has 4 rings (SSSR count). The van der Waals surface area contributed by atoms with E-state index in [0.29, 0.717) is 24.3 Å². The Balaban J connectivity index is 0.945. The van der Waals surface area contributed by atoms with E-state index in [-0.39, 0.29) is 25.4 Å². The van der Waals surface area contributed by atoms with Gasteiger partial charge < -0.3 is 18.9 Å². The second-order valence-electron chi connectivity index (χ2n) is 9.14. The van der Waals surface area contributed by atoms with Crippen molar-refractivity contribution in [3.05, 3.63) is 47.5 Å². The molecule has 0 spiro atoms. The van der Waals surface area contributed by atoms with Gasteiger partial charge in [-0.25, -0.2) is 10.9 Å². The molecule has 10 heteroatoms. The number of hydrogen-bond acceptors (Lipinski definition) is 8. The van der Waals surface area contributed by atoms with E-state index in [0.717, 1.165) is 74.0 Å². The van der Waals surface area contributed by atoms with Crippen molar-refractivity contribution in [2.45, 2.75) is 64.2 Å². The van der Waals surface area contributed by atoms with Gasteiger partial charge in [-0.2, -0.15) is 10.2 Å². The summed E-state index contributed by atoms with van der Waals surface area (Å²) in [6, 6.07) is 11.0. The van der Waals surface area contributed by atoms with Crippen LogP contribution in [0.25, 0.3) is 0 Å². The predicted molar refractivity (Wildman–Crippen MR) is 143 cm³/mol. The van der Waals surface area contributed by atoms with E-state index in [1.54, 1.807) is 12.4 Å². The number of carbonyl (C=O) groups is 2. The third-order valence-corrected chi connectivity index (χ3v) is 6.16. The molecule has 10 nitrogen and oxygen atoms in total. The van der Waals surface area contributed by atoms with E-state index in [4.69, 9.17) is 18.9 Å². The van der Waals surface area contributed by atoms with Crippen LogP contribution in [-0.2, 0) is 9.59 Å². The number of benzene rings is 2. The maximum Gasteiger partial charge on any atom is 0.240 e. The number of rotatable bonds is 15. The van der Waals surface area contributed by atoms with Crippen molar-refractivity contribution >= 4 is 24.2 Å². The highest BCUT2D eigenvalue weighted by atomic mass is 16.7. The first-order valence-corrected chi connectivity index (χ1v) is 13.1. The number of amides is 2. The molecule has 2 aliphatic rings. The van der Waals surface area contributed by atoms with Gasteiger partial charge in [0.25, 0.3) is 0 Å². The third kappa shape index (κ3) is 8.79. The van der Waals surface area contributed by atoms with Gasteiger partial charge in [-0.05, 0) is 60.4 Å². The molecule has 2 heterocycles. The Morgan fingerprint density at radius 2 is 1.00 bits per heavy atom. The summed E-state index contributed by atoms with van der Waals surface area (Å²) in [5.74, 6) is 2.64. The van der Waals surface area contributed by atoms with Crippen molar-refractivity contribution < 1.29 is 28.5 Å². The normalized spacial score (nSPS) is 13.4. The number of hydrazone groups is 2. The number of ether oxygens (including phenoxy) is 4. The lowest BCUT2D eigenvalue weighted by Crippen LogP contribution is -2.16. The smallest absolute Gasteiger partial charge is 0.240 e. The van der Waals surface area contributed by atoms with Crippen LogP contribution in [0.3, 0.4) is 0 Å². The van der Waals surface area contributed by atoms with Gasteiger partial charge in [0.2, 0.25) is 25.4 Å². The van der Waals surface area contributed by atoms with Crippen molar-refractivity contribution in [3.8, 4) is 23.0 Å². The molecule has 0 aliphatic carbocycles. The summed E-state index contributed by atoms with van der Waals surface area (Å²) in [5, 5.41) is 8.02. The molecule has 38 heavy (non-hydrogen) atoms. The maximum absolute atomic E-state index is 11.9. The van der Waals surface area contributed by atoms with Gasteiger partial charge in [-0.15, -0.1) is 0 Å². The van der Waals surface area contributed by atoms with Crippen molar-refractivity contribution in [2.24, 2.45) is 10.2 Å². The Morgan fingerprint density at radius 3 is 1.45 bits per heavy atom. The number of nitrogens with one attached hydrogen (secondary N) is 2. The second kappa shape index (κ2) is 14.6. The number of unbranched alkanes of at least 4 members (excludes halogenated alkanes) is 7. The first kappa shape index (κ1) is 27.0. The molecule has 0 fully saturated rings. The summed E-state index contributed by atoms with van der Waals surface area (Å²) in [6.07, 6.45) is 12.3. The van der Waals surface area contributed by atoms with Crippen molar-refractivity contribution in [1.82, 2.24) is 10.9 Å². The number of hydrogen-bond donors (Lipinski definition) is 2. The average molecular weight is 523 g/mol. The van der Waals surface area contributed by atoms with Gasteiger partial charge in [0.05, 0.1) is 12.4 Å². The lowest BCUT2D eigenvalue weighted by atomic mass is 10.1. The molecular weight excluding hydrogens is 488 g/mol. The van der Waals surface area contributed by atoms with Crippen LogP contribution in [0.15, 0.2) is 46.6 Å². The summed E-state index contributed by atoms with van der Waals surface area (Å²) in [5.41, 5.74) is 6.81. The zero-order valence-electron chi connectivity index (χ0n) is 21.4. The highest BCUT2D eigenvalue weighted by Gasteiger charge is 2.13. The van der Waals surface area contributed by atoms with Crippen LogP contribution in [0.5, 0.6) is 23.0 Å². The SMILES string of the molecule is O=C(CCCCCCCCCCC(=O)NN=Cc1ccc2c(c1)OCO2)NN=Cc1ccc2c(c1)OCO2. The van der Waals surface area contributed by atoms with Crippen LogP contribution in [0.1, 0.15) is 75.3 Å². The summed E-state index contributed by atoms with van der Waals surface area (Å²) in [7, 11) is 0. The van der Waals surface area contributed by atoms with Crippen LogP contribution < -0.4 is 29.8 Å². The summed E-state index contributed by atoms with van der Waals surface area (Å²) >= 11 is 0. The molecule has 2 N–H and O–H groups in total. The van der Waals surface area contributed by atoms with Gasteiger partial charge in [0, 0.05) is 12.8 Å². The van der Waals surface area contributed by atoms with Crippen LogP contribution in [0.4, 0.5) is 0 Å². The Morgan fingerprint density at radius 1 is 0.605 bits per heavy atom. The quantitative estimate of drug-likeness (QED) is 0.200. The van der Waals surface area contributed by atoms with E-state index < -0.39 is 0 Å². The minimum Gasteiger partial charge on any atom is -0.454 e. The average Bonchev–Trinajstić information content (AvgIpc) is 3.58. The third-order valence-electron chi connectivity index (χ3n) is 6.16. The zero-order valence-corrected chi connectivity index (χ0v) is 21.4. The van der Waals surface area contributed by atoms with E-state index in [1.165, 1.54) is 0 Å². The van der Waals surface area contributed by atoms with Gasteiger partial charge in [-0.1, -0.05) is 38.5 Å². The minimum atomic E-state index is -0.0829. The molecule has 0 aromatic heterocycles. The topological polar surface area (TPSA) is 120 Å². The second-order valence-corrected chi connectivity index (χ2v) is 9.14. The van der Waals surface area contributed by atoms with E-state index >= 15 is 0 Å². The Kier molecular flexibility index (Phi) is 10.4. The molecular formula is C28H34N4O6. The molecule has 202 valence electrons. The van der Waals surface area contributed by atoms with E-state index in [1.807, 2.05) is 36.4 Å². The minimum absolute atomic E-state index is 0.0829. The fraction of sp³-hybridized carbons (Fsp3) is 0.429. The first-order chi connectivity index (χ1) is 18.7. The fourth-order valence-electron chi connectivity index (χ4n) is 4.09. The highest BCUT2D eigenvalue weighted by molar-refractivity contribution is 5.84. The largest absolute Gasteiger partial charge is 0.454 e. The Labute approximate surface area is 222 Å². The first-order valence-electron chi connectivity index (χ1n) is 13.1. The lowest BCUT2D eigenvalue weighted by Gasteiger charge is -2.03. The van der Waals surface area contributed by atoms with Gasteiger partial charge >= 0.3 is 0 Å². The van der Waals surface area contributed by atoms with Crippen molar-refractivity contribution in [1.29, 1.82) is 0 Å². The summed E-state index contributed by atoms with van der Waals surface area (Å²) < 4.78 is 21.2. The molecule has 0 radical (unpaired) electrons. The molecule has 0 atom stereocenters. The number of carbonyl (C=O) groups excluding carboxylic acids is 2. The molecule has 2 aromatic rings. The zero-order chi connectivity index (χ0) is 26.4. The summed E-state index contributed by atoms with van der Waals surface area (Å²) in [4.78, 5) is 23.9. The van der Waals surface area contributed by atoms with Crippen LogP contribution >= 0.6 is 0 Å². The standard InChI is InChI=1S/C28H34N4O6/c33-27(31-29-17-21-11-13-23-25(15-21)37-19-35-23)9-7-5-3-1-2-4-6-8-10-28(34)32-30-18-22-12-14-24-26(16-22)38-20-36-24/h11-18H,1-10,19-20H2,(H,31,33)(H,32,34). The fourth-order valence-corrected chi connectivity index (χ4v) is 4.09. The number of fused-ring (bicyclic) bond motifs is 2. The van der Waals surface area contributed by atoms with Crippen molar-refractivity contribution in [2.75, 3.05) is 13.6 Å². The van der Waals surface area contributed by atoms with Crippen molar-refractivity contribution in [3.63, 3.8) is 0 Å². The monoisotopic (exact) mass is 522 g/mol. The molecule has 2 aromatic carbocycles. The molecule has 0 bridgehead atoms. The van der Waals surface area contributed by atoms with Crippen LogP contribution in [0, 0.1) is 0 Å². The Hall–Kier alpha value is -4.08. The molecule has 0 saturated carbocycles. The number of nitrogens with zero attached hydrogens (tertiary/aromatic N) is 2.